The van der Waals surface area contributed by atoms with Crippen molar-refractivity contribution in [3.63, 3.8) is 0 Å². The van der Waals surface area contributed by atoms with Gasteiger partial charge in [-0.25, -0.2) is 4.98 Å². The van der Waals surface area contributed by atoms with Gasteiger partial charge in [-0.1, -0.05) is 19.1 Å². The fraction of sp³-hybridized carbons (Fsp3) is 0.500. The van der Waals surface area contributed by atoms with Crippen LogP contribution in [0.4, 0.5) is 0 Å². The van der Waals surface area contributed by atoms with Crippen LogP contribution in [0.3, 0.4) is 0 Å². The molecule has 17 heavy (non-hydrogen) atoms. The summed E-state index contributed by atoms with van der Waals surface area (Å²) in [4.78, 5) is 4.44. The van der Waals surface area contributed by atoms with Crippen molar-refractivity contribution in [3.05, 3.63) is 30.6 Å². The molecule has 0 amide bonds. The minimum absolute atomic E-state index is 0.469. The molecule has 0 saturated carbocycles. The van der Waals surface area contributed by atoms with Crippen molar-refractivity contribution in [1.29, 1.82) is 0 Å². The van der Waals surface area contributed by atoms with E-state index in [0.29, 0.717) is 12.1 Å². The lowest BCUT2D eigenvalue weighted by Crippen LogP contribution is -2.28. The minimum Gasteiger partial charge on any atom is -0.328 e. The van der Waals surface area contributed by atoms with Gasteiger partial charge in [0.25, 0.3) is 0 Å². The molecule has 0 aliphatic rings. The molecular formula is C14H21N3. The van der Waals surface area contributed by atoms with Gasteiger partial charge in [-0.15, -0.1) is 0 Å². The van der Waals surface area contributed by atoms with Gasteiger partial charge in [0, 0.05) is 12.1 Å². The zero-order chi connectivity index (χ0) is 12.3. The second kappa shape index (κ2) is 5.32. The van der Waals surface area contributed by atoms with Crippen LogP contribution in [0.15, 0.2) is 30.6 Å². The molecule has 2 aromatic rings. The van der Waals surface area contributed by atoms with E-state index < -0.39 is 0 Å². The zero-order valence-electron chi connectivity index (χ0n) is 10.9. The largest absolute Gasteiger partial charge is 0.328 e. The van der Waals surface area contributed by atoms with Crippen molar-refractivity contribution < 1.29 is 0 Å². The summed E-state index contributed by atoms with van der Waals surface area (Å²) in [6.07, 6.45) is 3.07. The van der Waals surface area contributed by atoms with Gasteiger partial charge in [-0.3, -0.25) is 0 Å². The first kappa shape index (κ1) is 12.1. The number of fused-ring (bicyclic) bond motifs is 1. The van der Waals surface area contributed by atoms with E-state index in [1.54, 1.807) is 0 Å². The van der Waals surface area contributed by atoms with E-state index in [1.807, 2.05) is 12.4 Å². The number of rotatable bonds is 5. The summed E-state index contributed by atoms with van der Waals surface area (Å²) in [6, 6.07) is 9.31. The van der Waals surface area contributed by atoms with E-state index >= 15 is 0 Å². The lowest BCUT2D eigenvalue weighted by Gasteiger charge is -2.19. The van der Waals surface area contributed by atoms with Crippen molar-refractivity contribution in [2.45, 2.75) is 39.3 Å². The van der Waals surface area contributed by atoms with Gasteiger partial charge < -0.3 is 9.88 Å². The summed E-state index contributed by atoms with van der Waals surface area (Å²) in [5.41, 5.74) is 2.30. The molecule has 1 heterocycles. The molecule has 3 nitrogen and oxygen atoms in total. The number of para-hydroxylation sites is 2. The molecule has 3 heteroatoms. The number of benzene rings is 1. The molecule has 0 aliphatic carbocycles. The predicted molar refractivity (Wildman–Crippen MR) is 72.2 cm³/mol. The van der Waals surface area contributed by atoms with Gasteiger partial charge in [0.05, 0.1) is 17.4 Å². The fourth-order valence-electron chi connectivity index (χ4n) is 2.39. The highest BCUT2D eigenvalue weighted by molar-refractivity contribution is 5.75. The molecule has 1 N–H and O–H groups in total. The molecule has 0 bridgehead atoms. The van der Waals surface area contributed by atoms with Crippen LogP contribution in [0.2, 0.25) is 0 Å². The Bertz CT molecular complexity index is 475. The van der Waals surface area contributed by atoms with Crippen LogP contribution in [-0.2, 0) is 0 Å². The summed E-state index contributed by atoms with van der Waals surface area (Å²) in [5.74, 6) is 0. The van der Waals surface area contributed by atoms with Crippen LogP contribution in [-0.4, -0.2) is 22.1 Å². The van der Waals surface area contributed by atoms with Gasteiger partial charge in [0.2, 0.25) is 0 Å². The highest BCUT2D eigenvalue weighted by atomic mass is 15.1. The van der Waals surface area contributed by atoms with E-state index in [0.717, 1.165) is 18.5 Å². The van der Waals surface area contributed by atoms with Gasteiger partial charge >= 0.3 is 0 Å². The number of hydrogen-bond donors (Lipinski definition) is 1. The van der Waals surface area contributed by atoms with E-state index in [-0.39, 0.29) is 0 Å². The Hall–Kier alpha value is -1.35. The molecule has 0 fully saturated rings. The molecule has 1 aromatic carbocycles. The summed E-state index contributed by atoms with van der Waals surface area (Å²) >= 11 is 0. The Kier molecular flexibility index (Phi) is 3.79. The monoisotopic (exact) mass is 231 g/mol. The molecule has 0 spiro atoms. The summed E-state index contributed by atoms with van der Waals surface area (Å²) in [6.45, 7) is 7.66. The van der Waals surface area contributed by atoms with Crippen LogP contribution >= 0.6 is 0 Å². The van der Waals surface area contributed by atoms with Crippen molar-refractivity contribution >= 4 is 11.0 Å². The first-order chi connectivity index (χ1) is 8.22. The van der Waals surface area contributed by atoms with Crippen LogP contribution in [0.25, 0.3) is 11.0 Å². The number of aromatic nitrogens is 2. The van der Waals surface area contributed by atoms with Gasteiger partial charge in [-0.05, 0) is 38.9 Å². The Morgan fingerprint density at radius 2 is 2.06 bits per heavy atom. The number of imidazole rings is 1. The molecule has 2 unspecified atom stereocenters. The average Bonchev–Trinajstić information content (AvgIpc) is 2.72. The Morgan fingerprint density at radius 3 is 2.82 bits per heavy atom. The second-order valence-electron chi connectivity index (χ2n) is 4.68. The fourth-order valence-corrected chi connectivity index (χ4v) is 2.39. The maximum absolute atomic E-state index is 4.44. The molecule has 0 saturated heterocycles. The quantitative estimate of drug-likeness (QED) is 0.857. The molecule has 0 radical (unpaired) electrons. The normalized spacial score (nSPS) is 15.0. The molecule has 2 rings (SSSR count). The molecule has 1 aromatic heterocycles. The summed E-state index contributed by atoms with van der Waals surface area (Å²) < 4.78 is 2.27. The van der Waals surface area contributed by atoms with Gasteiger partial charge in [-0.2, -0.15) is 0 Å². The van der Waals surface area contributed by atoms with Crippen LogP contribution < -0.4 is 5.32 Å². The molecule has 92 valence electrons. The number of hydrogen-bond acceptors (Lipinski definition) is 2. The Morgan fingerprint density at radius 1 is 1.29 bits per heavy atom. The second-order valence-corrected chi connectivity index (χ2v) is 4.68. The van der Waals surface area contributed by atoms with Crippen LogP contribution in [0, 0.1) is 0 Å². The Labute approximate surface area is 103 Å². The minimum atomic E-state index is 0.469. The van der Waals surface area contributed by atoms with Crippen molar-refractivity contribution in [1.82, 2.24) is 14.9 Å². The maximum atomic E-state index is 4.44. The first-order valence-corrected chi connectivity index (χ1v) is 6.37. The summed E-state index contributed by atoms with van der Waals surface area (Å²) in [7, 11) is 0. The summed E-state index contributed by atoms with van der Waals surface area (Å²) in [5, 5.41) is 3.45. The van der Waals surface area contributed by atoms with Crippen molar-refractivity contribution in [2.75, 3.05) is 6.54 Å². The predicted octanol–water partition coefficient (Wildman–Crippen LogP) is 2.99. The lowest BCUT2D eigenvalue weighted by molar-refractivity contribution is 0.425. The van der Waals surface area contributed by atoms with E-state index in [4.69, 9.17) is 0 Å². The third kappa shape index (κ3) is 2.67. The highest BCUT2D eigenvalue weighted by Crippen LogP contribution is 2.20. The third-order valence-electron chi connectivity index (χ3n) is 3.20. The highest BCUT2D eigenvalue weighted by Gasteiger charge is 2.11. The van der Waals surface area contributed by atoms with E-state index in [9.17, 15) is 0 Å². The van der Waals surface area contributed by atoms with Crippen LogP contribution in [0.5, 0.6) is 0 Å². The van der Waals surface area contributed by atoms with Crippen molar-refractivity contribution in [2.24, 2.45) is 0 Å². The Balaban J connectivity index is 2.16. The molecular weight excluding hydrogens is 210 g/mol. The van der Waals surface area contributed by atoms with Gasteiger partial charge in [0.15, 0.2) is 0 Å². The first-order valence-electron chi connectivity index (χ1n) is 6.37. The maximum Gasteiger partial charge on any atom is 0.0960 e. The van der Waals surface area contributed by atoms with E-state index in [2.05, 4.69) is 53.8 Å². The number of nitrogens with one attached hydrogen (secondary N) is 1. The average molecular weight is 231 g/mol. The smallest absolute Gasteiger partial charge is 0.0960 e. The number of nitrogens with zero attached hydrogens (tertiary/aromatic N) is 2. The standard InChI is InChI=1S/C14H21N3/c1-4-15-11(2)9-12(3)17-10-16-13-7-5-6-8-14(13)17/h5-8,10-12,15H,4,9H2,1-3H3. The lowest BCUT2D eigenvalue weighted by atomic mass is 10.1. The van der Waals surface area contributed by atoms with Crippen molar-refractivity contribution in [3.8, 4) is 0 Å². The third-order valence-corrected chi connectivity index (χ3v) is 3.20. The SMILES string of the molecule is CCNC(C)CC(C)n1cnc2ccccc21. The zero-order valence-corrected chi connectivity index (χ0v) is 10.9. The van der Waals surface area contributed by atoms with Crippen LogP contribution in [0.1, 0.15) is 33.2 Å². The van der Waals surface area contributed by atoms with Gasteiger partial charge in [0.1, 0.15) is 0 Å². The van der Waals surface area contributed by atoms with E-state index in [1.165, 1.54) is 5.52 Å². The topological polar surface area (TPSA) is 29.9 Å². The molecule has 2 atom stereocenters. The molecule has 0 aliphatic heterocycles.